The highest BCUT2D eigenvalue weighted by Crippen LogP contribution is 2.33. The van der Waals surface area contributed by atoms with Gasteiger partial charge < -0.3 is 10.1 Å². The summed E-state index contributed by atoms with van der Waals surface area (Å²) in [5.41, 5.74) is 1.60. The Hall–Kier alpha value is -1.02. The molecule has 1 atom stereocenters. The average Bonchev–Trinajstić information content (AvgIpc) is 2.72. The van der Waals surface area contributed by atoms with Crippen molar-refractivity contribution in [3.63, 3.8) is 0 Å². The molecule has 19 heavy (non-hydrogen) atoms. The van der Waals surface area contributed by atoms with Crippen molar-refractivity contribution in [2.24, 2.45) is 0 Å². The normalized spacial score (nSPS) is 23.9. The van der Waals surface area contributed by atoms with Crippen LogP contribution in [0.1, 0.15) is 57.9 Å². The van der Waals surface area contributed by atoms with E-state index in [4.69, 9.17) is 4.74 Å². The molecule has 2 heteroatoms. The average molecular weight is 261 g/mol. The first-order valence-corrected chi connectivity index (χ1v) is 7.79. The van der Waals surface area contributed by atoms with Gasteiger partial charge in [0.2, 0.25) is 0 Å². The SMILES string of the molecule is CCCOc1ccc(C2(CC)CCCCCN2)cc1. The van der Waals surface area contributed by atoms with Crippen molar-refractivity contribution in [2.45, 2.75) is 57.9 Å². The molecule has 0 spiro atoms. The van der Waals surface area contributed by atoms with Crippen LogP contribution in [0.25, 0.3) is 0 Å². The quantitative estimate of drug-likeness (QED) is 0.855. The third-order valence-corrected chi connectivity index (χ3v) is 4.23. The second-order valence-corrected chi connectivity index (χ2v) is 5.55. The molecule has 1 fully saturated rings. The first kappa shape index (κ1) is 14.4. The van der Waals surface area contributed by atoms with Crippen LogP contribution < -0.4 is 10.1 Å². The van der Waals surface area contributed by atoms with Gasteiger partial charge in [-0.05, 0) is 49.9 Å². The van der Waals surface area contributed by atoms with Crippen LogP contribution in [0, 0.1) is 0 Å². The Morgan fingerprint density at radius 1 is 1.11 bits per heavy atom. The van der Waals surface area contributed by atoms with E-state index in [1.807, 2.05) is 0 Å². The summed E-state index contributed by atoms with van der Waals surface area (Å²) in [6.07, 6.45) is 7.45. The minimum Gasteiger partial charge on any atom is -0.494 e. The van der Waals surface area contributed by atoms with Gasteiger partial charge in [-0.2, -0.15) is 0 Å². The standard InChI is InChI=1S/C17H27NO/c1-3-14-19-16-10-8-15(9-11-16)17(4-2)12-6-5-7-13-18-17/h8-11,18H,3-7,12-14H2,1-2H3. The van der Waals surface area contributed by atoms with E-state index in [1.165, 1.54) is 31.2 Å². The van der Waals surface area contributed by atoms with Crippen LogP contribution in [0.5, 0.6) is 5.75 Å². The van der Waals surface area contributed by atoms with Crippen LogP contribution in [0.15, 0.2) is 24.3 Å². The molecule has 0 bridgehead atoms. The van der Waals surface area contributed by atoms with Crippen molar-refractivity contribution >= 4 is 0 Å². The highest BCUT2D eigenvalue weighted by molar-refractivity contribution is 5.32. The third-order valence-electron chi connectivity index (χ3n) is 4.23. The Balaban J connectivity index is 2.13. The number of ether oxygens (including phenoxy) is 1. The minimum absolute atomic E-state index is 0.180. The van der Waals surface area contributed by atoms with Gasteiger partial charge >= 0.3 is 0 Å². The van der Waals surface area contributed by atoms with Gasteiger partial charge in [0, 0.05) is 5.54 Å². The molecule has 0 radical (unpaired) electrons. The summed E-state index contributed by atoms with van der Waals surface area (Å²) in [6.45, 7) is 6.37. The predicted octanol–water partition coefficient (Wildman–Crippen LogP) is 4.24. The Labute approximate surface area is 117 Å². The highest BCUT2D eigenvalue weighted by Gasteiger charge is 2.30. The van der Waals surface area contributed by atoms with Gasteiger partial charge in [-0.3, -0.25) is 0 Å². The molecule has 0 aromatic heterocycles. The van der Waals surface area contributed by atoms with Gasteiger partial charge in [0.05, 0.1) is 6.61 Å². The lowest BCUT2D eigenvalue weighted by molar-refractivity contribution is 0.307. The molecular weight excluding hydrogens is 234 g/mol. The van der Waals surface area contributed by atoms with E-state index in [0.29, 0.717) is 0 Å². The third kappa shape index (κ3) is 3.50. The van der Waals surface area contributed by atoms with E-state index in [2.05, 4.69) is 43.4 Å². The monoisotopic (exact) mass is 261 g/mol. The lowest BCUT2D eigenvalue weighted by Crippen LogP contribution is -2.41. The maximum atomic E-state index is 5.67. The molecule has 2 rings (SSSR count). The van der Waals surface area contributed by atoms with Gasteiger partial charge in [-0.1, -0.05) is 38.8 Å². The molecular formula is C17H27NO. The van der Waals surface area contributed by atoms with E-state index in [0.717, 1.165) is 31.7 Å². The van der Waals surface area contributed by atoms with E-state index < -0.39 is 0 Å². The van der Waals surface area contributed by atoms with Crippen LogP contribution in [-0.2, 0) is 5.54 Å². The zero-order valence-electron chi connectivity index (χ0n) is 12.4. The lowest BCUT2D eigenvalue weighted by Gasteiger charge is -2.33. The zero-order chi connectivity index (χ0) is 13.6. The van der Waals surface area contributed by atoms with Crippen LogP contribution in [-0.4, -0.2) is 13.2 Å². The first-order chi connectivity index (χ1) is 9.30. The number of hydrogen-bond acceptors (Lipinski definition) is 2. The van der Waals surface area contributed by atoms with Gasteiger partial charge in [-0.25, -0.2) is 0 Å². The fourth-order valence-electron chi connectivity index (χ4n) is 2.99. The van der Waals surface area contributed by atoms with E-state index in [1.54, 1.807) is 0 Å². The smallest absolute Gasteiger partial charge is 0.119 e. The van der Waals surface area contributed by atoms with Crippen LogP contribution in [0.4, 0.5) is 0 Å². The van der Waals surface area contributed by atoms with Crippen molar-refractivity contribution in [1.29, 1.82) is 0 Å². The maximum absolute atomic E-state index is 5.67. The van der Waals surface area contributed by atoms with Crippen molar-refractivity contribution in [2.75, 3.05) is 13.2 Å². The Kier molecular flexibility index (Phi) is 5.26. The largest absolute Gasteiger partial charge is 0.494 e. The molecule has 0 amide bonds. The number of hydrogen-bond donors (Lipinski definition) is 1. The summed E-state index contributed by atoms with van der Waals surface area (Å²) < 4.78 is 5.67. The van der Waals surface area contributed by atoms with Gasteiger partial charge in [0.15, 0.2) is 0 Å². The number of rotatable bonds is 5. The highest BCUT2D eigenvalue weighted by atomic mass is 16.5. The summed E-state index contributed by atoms with van der Waals surface area (Å²) in [6, 6.07) is 8.73. The molecule has 106 valence electrons. The van der Waals surface area contributed by atoms with Crippen LogP contribution >= 0.6 is 0 Å². The Bertz CT molecular complexity index is 363. The van der Waals surface area contributed by atoms with Crippen molar-refractivity contribution in [3.05, 3.63) is 29.8 Å². The molecule has 1 aromatic carbocycles. The fraction of sp³-hybridized carbons (Fsp3) is 0.647. The van der Waals surface area contributed by atoms with Crippen LogP contribution in [0.2, 0.25) is 0 Å². The molecule has 1 aliphatic rings. The lowest BCUT2D eigenvalue weighted by atomic mass is 9.83. The molecule has 1 unspecified atom stereocenters. The summed E-state index contributed by atoms with van der Waals surface area (Å²) in [5, 5.41) is 3.78. The minimum atomic E-state index is 0.180. The molecule has 2 nitrogen and oxygen atoms in total. The molecule has 1 N–H and O–H groups in total. The summed E-state index contributed by atoms with van der Waals surface area (Å²) in [7, 11) is 0. The summed E-state index contributed by atoms with van der Waals surface area (Å²) in [4.78, 5) is 0. The summed E-state index contributed by atoms with van der Waals surface area (Å²) in [5.74, 6) is 0.991. The molecule has 1 heterocycles. The molecule has 0 aliphatic carbocycles. The van der Waals surface area contributed by atoms with E-state index in [9.17, 15) is 0 Å². The molecule has 0 saturated carbocycles. The van der Waals surface area contributed by atoms with Gasteiger partial charge in [0.1, 0.15) is 5.75 Å². The Morgan fingerprint density at radius 2 is 1.89 bits per heavy atom. The predicted molar refractivity (Wildman–Crippen MR) is 80.7 cm³/mol. The number of nitrogens with one attached hydrogen (secondary N) is 1. The first-order valence-electron chi connectivity index (χ1n) is 7.79. The molecule has 1 saturated heterocycles. The second kappa shape index (κ2) is 6.95. The van der Waals surface area contributed by atoms with Crippen molar-refractivity contribution in [3.8, 4) is 5.75 Å². The second-order valence-electron chi connectivity index (χ2n) is 5.55. The molecule has 1 aromatic rings. The van der Waals surface area contributed by atoms with Crippen LogP contribution in [0.3, 0.4) is 0 Å². The number of benzene rings is 1. The van der Waals surface area contributed by atoms with Crippen molar-refractivity contribution in [1.82, 2.24) is 5.32 Å². The maximum Gasteiger partial charge on any atom is 0.119 e. The van der Waals surface area contributed by atoms with Gasteiger partial charge in [0.25, 0.3) is 0 Å². The van der Waals surface area contributed by atoms with E-state index >= 15 is 0 Å². The topological polar surface area (TPSA) is 21.3 Å². The Morgan fingerprint density at radius 3 is 2.58 bits per heavy atom. The fourth-order valence-corrected chi connectivity index (χ4v) is 2.99. The molecule has 1 aliphatic heterocycles. The van der Waals surface area contributed by atoms with Crippen molar-refractivity contribution < 1.29 is 4.74 Å². The van der Waals surface area contributed by atoms with E-state index in [-0.39, 0.29) is 5.54 Å². The summed E-state index contributed by atoms with van der Waals surface area (Å²) >= 11 is 0. The van der Waals surface area contributed by atoms with Gasteiger partial charge in [-0.15, -0.1) is 0 Å². The zero-order valence-corrected chi connectivity index (χ0v) is 12.4.